The molecule has 0 heterocycles. The molecule has 0 bridgehead atoms. The van der Waals surface area contributed by atoms with Crippen molar-refractivity contribution in [1.82, 2.24) is 0 Å². The average molecular weight is 195 g/mol. The smallest absolute Gasteiger partial charge is 0.662 e. The summed E-state index contributed by atoms with van der Waals surface area (Å²) in [5.74, 6) is 0. The first-order valence-corrected chi connectivity index (χ1v) is 5.05. The third-order valence-electron chi connectivity index (χ3n) is 1.84. The van der Waals surface area contributed by atoms with Crippen LogP contribution in [0.2, 0.25) is 0 Å². The van der Waals surface area contributed by atoms with E-state index in [1.165, 1.54) is 38.5 Å². The summed E-state index contributed by atoms with van der Waals surface area (Å²) >= 11 is 0. The van der Waals surface area contributed by atoms with Gasteiger partial charge in [0, 0.05) is 0 Å². The van der Waals surface area contributed by atoms with Crippen molar-refractivity contribution in [3.05, 3.63) is 5.32 Å². The molecule has 0 aliphatic rings. The zero-order valence-corrected chi connectivity index (χ0v) is 12.2. The topological polar surface area (TPSA) is 14.1 Å². The van der Waals surface area contributed by atoms with Crippen LogP contribution in [0.3, 0.4) is 0 Å². The second-order valence-electron chi connectivity index (χ2n) is 3.09. The number of rotatable bonds is 8. The third-order valence-corrected chi connectivity index (χ3v) is 1.84. The van der Waals surface area contributed by atoms with Gasteiger partial charge in [-0.05, 0) is 0 Å². The molecule has 0 N–H and O–H groups in total. The Bertz CT molecular complexity index is 58.9. The van der Waals surface area contributed by atoms with E-state index in [0.717, 1.165) is 13.1 Å². The normalized spacial score (nSPS) is 9.50. The van der Waals surface area contributed by atoms with Crippen LogP contribution in [0.4, 0.5) is 0 Å². The Morgan fingerprint density at radius 3 is 1.50 bits per heavy atom. The largest absolute Gasteiger partial charge is 1.00 e. The fourth-order valence-corrected chi connectivity index (χ4v) is 1.06. The Balaban J connectivity index is 0. The van der Waals surface area contributed by atoms with Gasteiger partial charge in [0.2, 0.25) is 0 Å². The second-order valence-corrected chi connectivity index (χ2v) is 3.09. The minimum absolute atomic E-state index is 0. The summed E-state index contributed by atoms with van der Waals surface area (Å²) in [7, 11) is 0. The van der Waals surface area contributed by atoms with Gasteiger partial charge in [-0.15, -0.1) is 13.1 Å². The molecule has 0 saturated carbocycles. The minimum atomic E-state index is 0. The van der Waals surface area contributed by atoms with Crippen LogP contribution in [-0.2, 0) is 0 Å². The second kappa shape index (κ2) is 15.1. The molecular formula is C10H22KN. The molecule has 0 aromatic heterocycles. The Morgan fingerprint density at radius 2 is 1.17 bits per heavy atom. The Labute approximate surface area is 120 Å². The molecule has 0 aliphatic heterocycles. The van der Waals surface area contributed by atoms with Crippen LogP contribution >= 0.6 is 0 Å². The van der Waals surface area contributed by atoms with Gasteiger partial charge in [0.1, 0.15) is 0 Å². The van der Waals surface area contributed by atoms with E-state index >= 15 is 0 Å². The molecule has 0 aliphatic carbocycles. The summed E-state index contributed by atoms with van der Waals surface area (Å²) in [4.78, 5) is 0. The molecule has 0 atom stereocenters. The van der Waals surface area contributed by atoms with Gasteiger partial charge >= 0.3 is 51.4 Å². The monoisotopic (exact) mass is 195 g/mol. The first-order chi connectivity index (χ1) is 5.41. The molecule has 0 aromatic carbocycles. The molecule has 2 heteroatoms. The van der Waals surface area contributed by atoms with E-state index in [1.807, 2.05) is 0 Å². The van der Waals surface area contributed by atoms with Crippen LogP contribution < -0.4 is 51.4 Å². The molecule has 0 spiro atoms. The van der Waals surface area contributed by atoms with E-state index in [4.69, 9.17) is 0 Å². The first kappa shape index (κ1) is 16.0. The number of unbranched alkanes of at least 4 members (excludes halogenated alkanes) is 4. The quantitative estimate of drug-likeness (QED) is 0.401. The zero-order valence-electron chi connectivity index (χ0n) is 9.10. The predicted molar refractivity (Wildman–Crippen MR) is 52.1 cm³/mol. The number of hydrogen-bond donors (Lipinski definition) is 0. The fraction of sp³-hybridized carbons (Fsp3) is 1.00. The van der Waals surface area contributed by atoms with Crippen LogP contribution in [0.1, 0.15) is 52.4 Å². The Kier molecular flexibility index (Phi) is 20.2. The maximum atomic E-state index is 4.45. The van der Waals surface area contributed by atoms with Gasteiger partial charge in [-0.3, -0.25) is 0 Å². The van der Waals surface area contributed by atoms with Crippen LogP contribution in [0, 0.1) is 0 Å². The molecule has 0 amide bonds. The van der Waals surface area contributed by atoms with E-state index in [0.29, 0.717) is 0 Å². The summed E-state index contributed by atoms with van der Waals surface area (Å²) in [6, 6.07) is 0. The van der Waals surface area contributed by atoms with Gasteiger partial charge < -0.3 is 5.32 Å². The summed E-state index contributed by atoms with van der Waals surface area (Å²) in [6.45, 7) is 6.66. The van der Waals surface area contributed by atoms with E-state index < -0.39 is 0 Å². The molecular weight excluding hydrogens is 173 g/mol. The van der Waals surface area contributed by atoms with Crippen LogP contribution in [0.5, 0.6) is 0 Å². The molecule has 68 valence electrons. The molecule has 0 saturated heterocycles. The van der Waals surface area contributed by atoms with Gasteiger partial charge in [-0.2, -0.15) is 0 Å². The van der Waals surface area contributed by atoms with E-state index in [9.17, 15) is 0 Å². The van der Waals surface area contributed by atoms with Crippen molar-refractivity contribution in [3.63, 3.8) is 0 Å². The number of nitrogens with zero attached hydrogens (tertiary/aromatic N) is 1. The van der Waals surface area contributed by atoms with Crippen molar-refractivity contribution in [2.75, 3.05) is 13.1 Å². The van der Waals surface area contributed by atoms with Crippen LogP contribution in [0.15, 0.2) is 0 Å². The van der Waals surface area contributed by atoms with Crippen molar-refractivity contribution in [2.45, 2.75) is 52.4 Å². The van der Waals surface area contributed by atoms with Gasteiger partial charge in [-0.25, -0.2) is 0 Å². The van der Waals surface area contributed by atoms with Gasteiger partial charge in [-0.1, -0.05) is 52.4 Å². The molecule has 12 heavy (non-hydrogen) atoms. The van der Waals surface area contributed by atoms with Crippen molar-refractivity contribution >= 4 is 0 Å². The third kappa shape index (κ3) is 14.1. The molecule has 1 nitrogen and oxygen atoms in total. The average Bonchev–Trinajstić information content (AvgIpc) is 2.03. The summed E-state index contributed by atoms with van der Waals surface area (Å²) in [5, 5.41) is 4.45. The van der Waals surface area contributed by atoms with E-state index in [1.54, 1.807) is 0 Å². The van der Waals surface area contributed by atoms with Crippen molar-refractivity contribution in [1.29, 1.82) is 0 Å². The van der Waals surface area contributed by atoms with Gasteiger partial charge in [0.15, 0.2) is 0 Å². The predicted octanol–water partition coefficient (Wildman–Crippen LogP) is 0.744. The van der Waals surface area contributed by atoms with Gasteiger partial charge in [0.05, 0.1) is 0 Å². The van der Waals surface area contributed by atoms with Gasteiger partial charge in [0.25, 0.3) is 0 Å². The zero-order chi connectivity index (χ0) is 8.36. The molecule has 0 unspecified atom stereocenters. The summed E-state index contributed by atoms with van der Waals surface area (Å²) in [5.41, 5.74) is 0. The van der Waals surface area contributed by atoms with Crippen molar-refractivity contribution in [2.24, 2.45) is 0 Å². The Hall–Kier alpha value is 1.60. The number of hydrogen-bond acceptors (Lipinski definition) is 0. The standard InChI is InChI=1S/C10H22N.K/c1-3-5-7-9-11-10-8-6-4-2;/h3-10H2,1-2H3;/q-1;+1. The van der Waals surface area contributed by atoms with E-state index in [-0.39, 0.29) is 51.4 Å². The minimum Gasteiger partial charge on any atom is -0.662 e. The molecule has 0 rings (SSSR count). The Morgan fingerprint density at radius 1 is 0.750 bits per heavy atom. The van der Waals surface area contributed by atoms with Crippen molar-refractivity contribution in [3.8, 4) is 0 Å². The SMILES string of the molecule is CCCCC[N-]CCCCC.[K+]. The summed E-state index contributed by atoms with van der Waals surface area (Å²) in [6.07, 6.45) is 7.90. The van der Waals surface area contributed by atoms with Crippen LogP contribution in [0.25, 0.3) is 5.32 Å². The maximum Gasteiger partial charge on any atom is 1.00 e. The first-order valence-electron chi connectivity index (χ1n) is 5.05. The van der Waals surface area contributed by atoms with Crippen LogP contribution in [-0.4, -0.2) is 13.1 Å². The maximum absolute atomic E-state index is 4.45. The van der Waals surface area contributed by atoms with E-state index in [2.05, 4.69) is 19.2 Å². The van der Waals surface area contributed by atoms with Crippen molar-refractivity contribution < 1.29 is 51.4 Å². The fourth-order valence-electron chi connectivity index (χ4n) is 1.06. The molecule has 0 fully saturated rings. The summed E-state index contributed by atoms with van der Waals surface area (Å²) < 4.78 is 0. The molecule has 0 radical (unpaired) electrons. The molecule has 0 aromatic rings.